The van der Waals surface area contributed by atoms with Gasteiger partial charge in [-0.2, -0.15) is 8.42 Å². The van der Waals surface area contributed by atoms with Gasteiger partial charge in [-0.1, -0.05) is 0 Å². The highest BCUT2D eigenvalue weighted by molar-refractivity contribution is 7.91. The highest BCUT2D eigenvalue weighted by Crippen LogP contribution is 2.29. The summed E-state index contributed by atoms with van der Waals surface area (Å²) in [5.74, 6) is 0.223. The lowest BCUT2D eigenvalue weighted by Gasteiger charge is -2.16. The Labute approximate surface area is 98.5 Å². The molecule has 0 unspecified atom stereocenters. The molecule has 0 spiro atoms. The van der Waals surface area contributed by atoms with Gasteiger partial charge in [-0.25, -0.2) is 13.6 Å². The van der Waals surface area contributed by atoms with Gasteiger partial charge in [0.1, 0.15) is 10.7 Å². The lowest BCUT2D eigenvalue weighted by atomic mass is 10.3. The number of rotatable bonds is 1. The van der Waals surface area contributed by atoms with Crippen LogP contribution in [0, 0.1) is 0 Å². The number of nitrogens with two attached hydrogens (primary N) is 1. The van der Waals surface area contributed by atoms with Crippen LogP contribution < -0.4 is 10.5 Å². The number of nitrogens with one attached hydrogen (secondary N) is 1. The molecule has 0 bridgehead atoms. The van der Waals surface area contributed by atoms with E-state index in [1.165, 1.54) is 19.1 Å². The molecule has 0 fully saturated rings. The van der Waals surface area contributed by atoms with Crippen molar-refractivity contribution >= 4 is 31.6 Å². The second-order valence-electron chi connectivity index (χ2n) is 3.48. The number of amidine groups is 1. The van der Waals surface area contributed by atoms with Crippen molar-refractivity contribution < 1.29 is 16.8 Å². The van der Waals surface area contributed by atoms with Gasteiger partial charge in [0.15, 0.2) is 0 Å². The normalized spacial score (nSPS) is 17.9. The Hall–Kier alpha value is -1.45. The van der Waals surface area contributed by atoms with E-state index in [9.17, 15) is 16.8 Å². The first-order valence-electron chi connectivity index (χ1n) is 4.45. The molecule has 0 aliphatic carbocycles. The van der Waals surface area contributed by atoms with Crippen molar-refractivity contribution in [1.82, 2.24) is 0 Å². The van der Waals surface area contributed by atoms with Crippen molar-refractivity contribution in [3.63, 3.8) is 0 Å². The molecule has 17 heavy (non-hydrogen) atoms. The number of benzene rings is 1. The van der Waals surface area contributed by atoms with Crippen LogP contribution in [0.5, 0.6) is 0 Å². The fraction of sp³-hybridized carbons (Fsp3) is 0.125. The Bertz CT molecular complexity index is 719. The summed E-state index contributed by atoms with van der Waals surface area (Å²) >= 11 is 0. The van der Waals surface area contributed by atoms with Gasteiger partial charge < -0.3 is 5.32 Å². The van der Waals surface area contributed by atoms with Crippen molar-refractivity contribution in [3.05, 3.63) is 18.2 Å². The zero-order valence-corrected chi connectivity index (χ0v) is 10.3. The fourth-order valence-electron chi connectivity index (χ4n) is 1.44. The molecule has 1 aliphatic rings. The minimum atomic E-state index is -3.94. The molecule has 1 heterocycles. The Balaban J connectivity index is 2.73. The van der Waals surface area contributed by atoms with E-state index in [1.54, 1.807) is 0 Å². The van der Waals surface area contributed by atoms with Crippen LogP contribution in [0.2, 0.25) is 0 Å². The quantitative estimate of drug-likeness (QED) is 0.739. The number of hydrogen-bond donors (Lipinski definition) is 2. The predicted molar refractivity (Wildman–Crippen MR) is 61.7 cm³/mol. The first-order chi connectivity index (χ1) is 7.70. The van der Waals surface area contributed by atoms with Crippen LogP contribution in [0.4, 0.5) is 5.69 Å². The van der Waals surface area contributed by atoms with Gasteiger partial charge in [0, 0.05) is 0 Å². The summed E-state index contributed by atoms with van der Waals surface area (Å²) in [6, 6.07) is 3.56. The van der Waals surface area contributed by atoms with E-state index >= 15 is 0 Å². The highest BCUT2D eigenvalue weighted by Gasteiger charge is 2.25. The summed E-state index contributed by atoms with van der Waals surface area (Å²) in [5, 5.41) is 7.66. The van der Waals surface area contributed by atoms with E-state index in [-0.39, 0.29) is 21.3 Å². The van der Waals surface area contributed by atoms with Crippen LogP contribution in [-0.2, 0) is 20.0 Å². The summed E-state index contributed by atoms with van der Waals surface area (Å²) < 4.78 is 49.1. The lowest BCUT2D eigenvalue weighted by Crippen LogP contribution is -2.20. The highest BCUT2D eigenvalue weighted by atomic mass is 32.2. The fourth-order valence-corrected chi connectivity index (χ4v) is 3.24. The third kappa shape index (κ3) is 2.16. The summed E-state index contributed by atoms with van der Waals surface area (Å²) in [7, 11) is -7.81. The molecule has 2 rings (SSSR count). The molecule has 1 aliphatic heterocycles. The molecule has 1 aromatic carbocycles. The van der Waals surface area contributed by atoms with E-state index < -0.39 is 20.0 Å². The zero-order chi connectivity index (χ0) is 12.8. The van der Waals surface area contributed by atoms with Gasteiger partial charge in [-0.3, -0.25) is 0 Å². The molecule has 0 saturated heterocycles. The summed E-state index contributed by atoms with van der Waals surface area (Å²) in [6.45, 7) is 1.49. The van der Waals surface area contributed by atoms with Crippen molar-refractivity contribution in [2.24, 2.45) is 9.54 Å². The third-order valence-corrected chi connectivity index (χ3v) is 4.45. The molecule has 0 radical (unpaired) electrons. The molecule has 1 aromatic rings. The maximum atomic E-state index is 11.7. The Morgan fingerprint density at radius 3 is 2.59 bits per heavy atom. The summed E-state index contributed by atoms with van der Waals surface area (Å²) in [4.78, 5) is -0.467. The van der Waals surface area contributed by atoms with Crippen LogP contribution in [0.25, 0.3) is 0 Å². The third-order valence-electron chi connectivity index (χ3n) is 2.13. The van der Waals surface area contributed by atoms with E-state index in [0.717, 1.165) is 6.07 Å². The van der Waals surface area contributed by atoms with E-state index in [1.807, 2.05) is 0 Å². The number of nitrogens with zero attached hydrogens (tertiary/aromatic N) is 1. The summed E-state index contributed by atoms with van der Waals surface area (Å²) in [6.07, 6.45) is 0. The van der Waals surface area contributed by atoms with Gasteiger partial charge in [-0.05, 0) is 25.1 Å². The van der Waals surface area contributed by atoms with Crippen molar-refractivity contribution in [2.45, 2.75) is 16.7 Å². The second kappa shape index (κ2) is 3.52. The number of fused-ring (bicyclic) bond motifs is 1. The van der Waals surface area contributed by atoms with Crippen molar-refractivity contribution in [1.29, 1.82) is 0 Å². The van der Waals surface area contributed by atoms with Crippen LogP contribution in [0.15, 0.2) is 32.4 Å². The van der Waals surface area contributed by atoms with Crippen LogP contribution in [-0.4, -0.2) is 22.7 Å². The molecule has 0 saturated carbocycles. The van der Waals surface area contributed by atoms with E-state index in [4.69, 9.17) is 5.14 Å². The number of anilines is 1. The zero-order valence-electron chi connectivity index (χ0n) is 8.71. The van der Waals surface area contributed by atoms with Gasteiger partial charge in [-0.15, -0.1) is 4.40 Å². The topological polar surface area (TPSA) is 119 Å². The number of primary sulfonamides is 1. The smallest absolute Gasteiger partial charge is 0.286 e. The minimum Gasteiger partial charge on any atom is -0.342 e. The SMILES string of the molecule is CC1=NS(=O)(=O)c2cc(S(N)(=O)=O)ccc2N1. The number of hydrogen-bond acceptors (Lipinski definition) is 5. The first kappa shape index (κ1) is 12.0. The standard InChI is InChI=1S/C8H9N3O4S2/c1-5-10-7-3-2-6(16(9,12)13)4-8(7)17(14,15)11-5/h2-4H,1H3,(H,10,11)(H2,9,12,13). The predicted octanol–water partition coefficient (Wildman–Crippen LogP) is -0.133. The molecule has 3 N–H and O–H groups in total. The lowest BCUT2D eigenvalue weighted by molar-refractivity contribution is 0.596. The second-order valence-corrected chi connectivity index (χ2v) is 6.61. The van der Waals surface area contributed by atoms with Gasteiger partial charge in [0.25, 0.3) is 10.0 Å². The molecule has 7 nitrogen and oxygen atoms in total. The average Bonchev–Trinajstić information content (AvgIpc) is 2.13. The Kier molecular flexibility index (Phi) is 2.49. The molecule has 0 atom stereocenters. The molecule has 92 valence electrons. The molecular formula is C8H9N3O4S2. The molecular weight excluding hydrogens is 266 g/mol. The number of sulfonamides is 2. The maximum absolute atomic E-state index is 11.7. The van der Waals surface area contributed by atoms with Gasteiger partial charge >= 0.3 is 0 Å². The summed E-state index contributed by atoms with van der Waals surface area (Å²) in [5.41, 5.74) is 0.282. The van der Waals surface area contributed by atoms with Gasteiger partial charge in [0.05, 0.1) is 10.6 Å². The van der Waals surface area contributed by atoms with E-state index in [0.29, 0.717) is 0 Å². The molecule has 0 aromatic heterocycles. The largest absolute Gasteiger partial charge is 0.342 e. The monoisotopic (exact) mass is 275 g/mol. The molecule has 0 amide bonds. The van der Waals surface area contributed by atoms with Crippen LogP contribution >= 0.6 is 0 Å². The van der Waals surface area contributed by atoms with Gasteiger partial charge in [0.2, 0.25) is 10.0 Å². The van der Waals surface area contributed by atoms with E-state index in [2.05, 4.69) is 9.71 Å². The average molecular weight is 275 g/mol. The maximum Gasteiger partial charge on any atom is 0.286 e. The van der Waals surface area contributed by atoms with Crippen molar-refractivity contribution in [2.75, 3.05) is 5.32 Å². The van der Waals surface area contributed by atoms with Crippen LogP contribution in [0.1, 0.15) is 6.92 Å². The minimum absolute atomic E-state index is 0.199. The Morgan fingerprint density at radius 1 is 1.35 bits per heavy atom. The first-order valence-corrected chi connectivity index (χ1v) is 7.44. The van der Waals surface area contributed by atoms with Crippen molar-refractivity contribution in [3.8, 4) is 0 Å². The molecule has 9 heteroatoms. The van der Waals surface area contributed by atoms with Crippen LogP contribution in [0.3, 0.4) is 0 Å². The Morgan fingerprint density at radius 2 is 2.00 bits per heavy atom.